The molecule has 6 heteroatoms. The van der Waals surface area contributed by atoms with Crippen molar-refractivity contribution < 1.29 is 17.6 Å². The van der Waals surface area contributed by atoms with Crippen LogP contribution >= 0.6 is 27.5 Å². The van der Waals surface area contributed by atoms with E-state index in [0.29, 0.717) is 12.1 Å². The fourth-order valence-corrected chi connectivity index (χ4v) is 1.22. The monoisotopic (exact) mass is 276 g/mol. The minimum absolute atomic E-state index is 0.0969. The van der Waals surface area contributed by atoms with Gasteiger partial charge in [-0.1, -0.05) is 11.6 Å². The van der Waals surface area contributed by atoms with Gasteiger partial charge in [0.2, 0.25) is 0 Å². The molecule has 0 saturated carbocycles. The van der Waals surface area contributed by atoms with E-state index in [2.05, 4.69) is 15.9 Å². The largest absolute Gasteiger partial charge is 0.419 e. The van der Waals surface area contributed by atoms with E-state index in [1.807, 2.05) is 0 Å². The van der Waals surface area contributed by atoms with Gasteiger partial charge in [0.15, 0.2) is 0 Å². The number of alkyl halides is 3. The Kier molecular flexibility index (Phi) is 2.87. The van der Waals surface area contributed by atoms with Crippen molar-refractivity contribution in [3.63, 3.8) is 0 Å². The second-order valence-electron chi connectivity index (χ2n) is 2.24. The Morgan fingerprint density at radius 1 is 1.23 bits per heavy atom. The number of hydrogen-bond donors (Lipinski definition) is 0. The van der Waals surface area contributed by atoms with E-state index in [4.69, 9.17) is 11.6 Å². The molecule has 1 aromatic rings. The minimum atomic E-state index is -4.71. The highest BCUT2D eigenvalue weighted by Crippen LogP contribution is 2.35. The fraction of sp³-hybridized carbons (Fsp3) is 0.143. The lowest BCUT2D eigenvalue weighted by molar-refractivity contribution is -0.140. The maximum Gasteiger partial charge on any atom is 0.419 e. The molecular weight excluding hydrogens is 275 g/mol. The van der Waals surface area contributed by atoms with Crippen LogP contribution in [0.3, 0.4) is 0 Å². The highest BCUT2D eigenvalue weighted by molar-refractivity contribution is 9.10. The van der Waals surface area contributed by atoms with Crippen LogP contribution in [0.4, 0.5) is 17.6 Å². The van der Waals surface area contributed by atoms with Crippen LogP contribution < -0.4 is 0 Å². The number of rotatable bonds is 0. The maximum absolute atomic E-state index is 12.7. The van der Waals surface area contributed by atoms with E-state index >= 15 is 0 Å². The average Bonchev–Trinajstić information content (AvgIpc) is 1.94. The Balaban J connectivity index is 3.32. The summed E-state index contributed by atoms with van der Waals surface area (Å²) in [5, 5.41) is -0.172. The van der Waals surface area contributed by atoms with Gasteiger partial charge in [-0.3, -0.25) is 0 Å². The summed E-state index contributed by atoms with van der Waals surface area (Å²) >= 11 is 8.19. The Morgan fingerprint density at radius 2 is 1.77 bits per heavy atom. The molecule has 0 aliphatic heterocycles. The molecule has 0 aliphatic carbocycles. The van der Waals surface area contributed by atoms with Crippen molar-refractivity contribution in [1.82, 2.24) is 0 Å². The predicted molar refractivity (Wildman–Crippen MR) is 44.1 cm³/mol. The van der Waals surface area contributed by atoms with Crippen molar-refractivity contribution in [2.75, 3.05) is 0 Å². The predicted octanol–water partition coefficient (Wildman–Crippen LogP) is 4.26. The van der Waals surface area contributed by atoms with Gasteiger partial charge in [0.25, 0.3) is 0 Å². The zero-order valence-corrected chi connectivity index (χ0v) is 8.26. The molecule has 0 aliphatic rings. The van der Waals surface area contributed by atoms with Crippen LogP contribution in [0.15, 0.2) is 16.6 Å². The van der Waals surface area contributed by atoms with Gasteiger partial charge in [-0.25, -0.2) is 4.39 Å². The standard InChI is InChI=1S/C7H2BrClF4/c8-4-2-6(10)3(1-5(4)9)7(11,12)13/h1-2H. The lowest BCUT2D eigenvalue weighted by atomic mass is 10.2. The fourth-order valence-electron chi connectivity index (χ4n) is 0.740. The topological polar surface area (TPSA) is 0 Å². The summed E-state index contributed by atoms with van der Waals surface area (Å²) in [6, 6.07) is 1.23. The second kappa shape index (κ2) is 3.46. The molecule has 0 bridgehead atoms. The van der Waals surface area contributed by atoms with E-state index in [1.54, 1.807) is 0 Å². The molecule has 0 atom stereocenters. The van der Waals surface area contributed by atoms with Crippen LogP contribution in [-0.2, 0) is 6.18 Å². The van der Waals surface area contributed by atoms with Gasteiger partial charge in [-0.05, 0) is 28.1 Å². The highest BCUT2D eigenvalue weighted by Gasteiger charge is 2.34. The summed E-state index contributed by atoms with van der Waals surface area (Å²) in [4.78, 5) is 0. The first kappa shape index (κ1) is 10.8. The summed E-state index contributed by atoms with van der Waals surface area (Å²) in [6.45, 7) is 0. The third-order valence-electron chi connectivity index (χ3n) is 1.32. The Morgan fingerprint density at radius 3 is 2.23 bits per heavy atom. The number of benzene rings is 1. The first-order chi connectivity index (χ1) is 5.82. The van der Waals surface area contributed by atoms with Crippen molar-refractivity contribution in [3.8, 4) is 0 Å². The lowest BCUT2D eigenvalue weighted by Crippen LogP contribution is -2.07. The van der Waals surface area contributed by atoms with Gasteiger partial charge in [0.1, 0.15) is 5.82 Å². The SMILES string of the molecule is Fc1cc(Br)c(Cl)cc1C(F)(F)F. The van der Waals surface area contributed by atoms with Crippen LogP contribution in [0.1, 0.15) is 5.56 Å². The van der Waals surface area contributed by atoms with Crippen molar-refractivity contribution in [2.45, 2.75) is 6.18 Å². The molecule has 0 saturated heterocycles. The number of halogens is 6. The van der Waals surface area contributed by atoms with E-state index in [1.165, 1.54) is 0 Å². The van der Waals surface area contributed by atoms with Crippen molar-refractivity contribution in [1.29, 1.82) is 0 Å². The molecule has 0 heterocycles. The molecule has 0 fully saturated rings. The van der Waals surface area contributed by atoms with Crippen LogP contribution in [-0.4, -0.2) is 0 Å². The molecule has 0 N–H and O–H groups in total. The van der Waals surface area contributed by atoms with Gasteiger partial charge >= 0.3 is 6.18 Å². The first-order valence-electron chi connectivity index (χ1n) is 3.04. The Bertz CT molecular complexity index is 334. The maximum atomic E-state index is 12.7. The van der Waals surface area contributed by atoms with Crippen molar-refractivity contribution in [3.05, 3.63) is 33.0 Å². The average molecular weight is 277 g/mol. The molecule has 0 spiro atoms. The molecular formula is C7H2BrClF4. The van der Waals surface area contributed by atoms with Crippen LogP contribution in [0.5, 0.6) is 0 Å². The van der Waals surface area contributed by atoms with E-state index in [0.717, 1.165) is 0 Å². The van der Waals surface area contributed by atoms with Crippen LogP contribution in [0.2, 0.25) is 5.02 Å². The molecule has 1 aromatic carbocycles. The molecule has 0 amide bonds. The molecule has 0 aromatic heterocycles. The van der Waals surface area contributed by atoms with Crippen molar-refractivity contribution in [2.24, 2.45) is 0 Å². The zero-order chi connectivity index (χ0) is 10.2. The normalized spacial score (nSPS) is 11.8. The summed E-state index contributed by atoms with van der Waals surface area (Å²) < 4.78 is 49.0. The number of hydrogen-bond acceptors (Lipinski definition) is 0. The first-order valence-corrected chi connectivity index (χ1v) is 4.21. The third-order valence-corrected chi connectivity index (χ3v) is 2.51. The van der Waals surface area contributed by atoms with Crippen LogP contribution in [0, 0.1) is 5.82 Å². The second-order valence-corrected chi connectivity index (χ2v) is 3.51. The van der Waals surface area contributed by atoms with E-state index in [9.17, 15) is 17.6 Å². The summed E-state index contributed by atoms with van der Waals surface area (Å²) in [7, 11) is 0. The minimum Gasteiger partial charge on any atom is -0.206 e. The zero-order valence-electron chi connectivity index (χ0n) is 5.92. The Hall–Kier alpha value is -0.290. The lowest BCUT2D eigenvalue weighted by Gasteiger charge is -2.08. The third kappa shape index (κ3) is 2.34. The molecule has 0 unspecified atom stereocenters. The highest BCUT2D eigenvalue weighted by atomic mass is 79.9. The van der Waals surface area contributed by atoms with Gasteiger partial charge in [0.05, 0.1) is 10.6 Å². The summed E-state index contributed by atoms with van der Waals surface area (Å²) in [5.74, 6) is -1.34. The van der Waals surface area contributed by atoms with E-state index < -0.39 is 17.6 Å². The van der Waals surface area contributed by atoms with Gasteiger partial charge in [0, 0.05) is 4.47 Å². The molecule has 0 nitrogen and oxygen atoms in total. The van der Waals surface area contributed by atoms with Gasteiger partial charge < -0.3 is 0 Å². The summed E-state index contributed by atoms with van der Waals surface area (Å²) in [6.07, 6.45) is -4.71. The smallest absolute Gasteiger partial charge is 0.206 e. The van der Waals surface area contributed by atoms with Gasteiger partial charge in [-0.2, -0.15) is 13.2 Å². The molecule has 72 valence electrons. The molecule has 0 radical (unpaired) electrons. The van der Waals surface area contributed by atoms with Crippen LogP contribution in [0.25, 0.3) is 0 Å². The molecule has 1 rings (SSSR count). The summed E-state index contributed by atoms with van der Waals surface area (Å²) in [5.41, 5.74) is -1.36. The van der Waals surface area contributed by atoms with Crippen molar-refractivity contribution >= 4 is 27.5 Å². The van der Waals surface area contributed by atoms with Gasteiger partial charge in [-0.15, -0.1) is 0 Å². The molecule has 13 heavy (non-hydrogen) atoms. The Labute approximate surface area is 84.6 Å². The van der Waals surface area contributed by atoms with E-state index in [-0.39, 0.29) is 9.50 Å². The quantitative estimate of drug-likeness (QED) is 0.491.